The molecule has 0 aliphatic carbocycles. The molecule has 0 saturated heterocycles. The van der Waals surface area contributed by atoms with Gasteiger partial charge in [-0.25, -0.2) is 4.79 Å². The second kappa shape index (κ2) is 14.4. The molecular weight excluding hydrogens is 597 g/mol. The van der Waals surface area contributed by atoms with Crippen LogP contribution in [0.2, 0.25) is 0 Å². The molecule has 4 aromatic rings. The van der Waals surface area contributed by atoms with Crippen molar-refractivity contribution in [2.24, 2.45) is 0 Å². The molecule has 226 valence electrons. The van der Waals surface area contributed by atoms with Crippen LogP contribution in [0.3, 0.4) is 0 Å². The fourth-order valence-electron chi connectivity index (χ4n) is 4.69. The molecule has 0 radical (unpaired) electrons. The van der Waals surface area contributed by atoms with E-state index in [0.29, 0.717) is 79.3 Å². The third-order valence-corrected chi connectivity index (χ3v) is 7.19. The highest BCUT2D eigenvalue weighted by Crippen LogP contribution is 2.43. The molecule has 0 bridgehead atoms. The van der Waals surface area contributed by atoms with Gasteiger partial charge in [-0.15, -0.1) is 23.2 Å². The number of rotatable bonds is 13. The Hall–Kier alpha value is -4.08. The predicted molar refractivity (Wildman–Crippen MR) is 166 cm³/mol. The number of anilines is 1. The van der Waals surface area contributed by atoms with Gasteiger partial charge in [0.05, 0.1) is 18.8 Å². The van der Waals surface area contributed by atoms with E-state index in [4.69, 9.17) is 46.6 Å². The van der Waals surface area contributed by atoms with Gasteiger partial charge in [0, 0.05) is 48.2 Å². The van der Waals surface area contributed by atoms with Gasteiger partial charge in [-0.1, -0.05) is 0 Å². The number of phenols is 1. The van der Waals surface area contributed by atoms with Crippen molar-refractivity contribution in [1.82, 2.24) is 0 Å². The smallest absolute Gasteiger partial charge is 0.338 e. The molecule has 2 heterocycles. The van der Waals surface area contributed by atoms with Crippen molar-refractivity contribution in [3.05, 3.63) is 76.5 Å². The zero-order valence-corrected chi connectivity index (χ0v) is 24.9. The Balaban J connectivity index is 1.09. The molecular formula is C32H31Cl2NO8. The van der Waals surface area contributed by atoms with Crippen LogP contribution < -0.4 is 24.5 Å². The second-order valence-corrected chi connectivity index (χ2v) is 10.5. The van der Waals surface area contributed by atoms with Crippen molar-refractivity contribution in [3.63, 3.8) is 0 Å². The van der Waals surface area contributed by atoms with Crippen LogP contribution >= 0.6 is 23.2 Å². The summed E-state index contributed by atoms with van der Waals surface area (Å²) in [4.78, 5) is 27.3. The highest BCUT2D eigenvalue weighted by molar-refractivity contribution is 6.18. The number of esters is 1. The van der Waals surface area contributed by atoms with Gasteiger partial charge in [0.1, 0.15) is 35.7 Å². The first-order valence-electron chi connectivity index (χ1n) is 13.9. The highest BCUT2D eigenvalue weighted by atomic mass is 35.5. The summed E-state index contributed by atoms with van der Waals surface area (Å²) in [5.74, 6) is 1.80. The third kappa shape index (κ3) is 7.29. The number of benzene rings is 3. The molecule has 43 heavy (non-hydrogen) atoms. The minimum Gasteiger partial charge on any atom is -0.504 e. The van der Waals surface area contributed by atoms with Crippen LogP contribution in [0, 0.1) is 0 Å². The van der Waals surface area contributed by atoms with E-state index in [0.717, 1.165) is 5.69 Å². The molecule has 9 nitrogen and oxygen atoms in total. The van der Waals surface area contributed by atoms with Crippen LogP contribution in [-0.4, -0.2) is 62.4 Å². The lowest BCUT2D eigenvalue weighted by atomic mass is 10.1. The molecule has 0 atom stereocenters. The number of phenolic OH excluding ortho intramolecular Hbond substituents is 1. The van der Waals surface area contributed by atoms with Crippen molar-refractivity contribution < 1.29 is 33.3 Å². The molecule has 1 aliphatic rings. The second-order valence-electron chi connectivity index (χ2n) is 9.73. The van der Waals surface area contributed by atoms with Gasteiger partial charge >= 0.3 is 5.97 Å². The Morgan fingerprint density at radius 1 is 0.907 bits per heavy atom. The van der Waals surface area contributed by atoms with E-state index in [1.165, 1.54) is 6.07 Å². The normalized spacial score (nSPS) is 12.2. The average molecular weight is 629 g/mol. The predicted octanol–water partition coefficient (Wildman–Crippen LogP) is 6.24. The number of fused-ring (bicyclic) bond motifs is 2. The van der Waals surface area contributed by atoms with Crippen molar-refractivity contribution in [2.75, 3.05) is 56.2 Å². The maximum Gasteiger partial charge on any atom is 0.338 e. The summed E-state index contributed by atoms with van der Waals surface area (Å²) >= 11 is 11.7. The Labute approximate surface area is 258 Å². The summed E-state index contributed by atoms with van der Waals surface area (Å²) in [6.07, 6.45) is 1.34. The Bertz CT molecular complexity index is 1600. The number of ether oxygens (including phenoxy) is 4. The van der Waals surface area contributed by atoms with Gasteiger partial charge in [0.25, 0.3) is 0 Å². The summed E-state index contributed by atoms with van der Waals surface area (Å²) in [5, 5.41) is 10.6. The van der Waals surface area contributed by atoms with Gasteiger partial charge in [0.2, 0.25) is 5.75 Å². The third-order valence-electron chi connectivity index (χ3n) is 6.86. The number of hydrogen-bond acceptors (Lipinski definition) is 9. The van der Waals surface area contributed by atoms with E-state index in [2.05, 4.69) is 4.90 Å². The first-order chi connectivity index (χ1) is 21.0. The topological polar surface area (TPSA) is 108 Å². The number of carbonyl (C=O) groups excluding carboxylic acids is 1. The van der Waals surface area contributed by atoms with E-state index >= 15 is 0 Å². The fraction of sp³-hybridized carbons (Fsp3) is 0.312. The van der Waals surface area contributed by atoms with E-state index in [9.17, 15) is 14.7 Å². The standard InChI is InChI=1S/C32H31Cl2NO8/c33-11-13-35(14-12-34)23-7-3-22(4-8-23)32(38)42-16-2-1-15-39-24-9-5-21(6-10-24)26-19-25(36)29-27(43-26)20-28-31(30(29)37)41-18-17-40-28/h3-10,19-20,37H,1-2,11-18H2. The van der Waals surface area contributed by atoms with Gasteiger partial charge < -0.3 is 33.4 Å². The van der Waals surface area contributed by atoms with E-state index in [1.807, 2.05) is 12.1 Å². The quantitative estimate of drug-likeness (QED) is 0.105. The molecule has 0 spiro atoms. The molecule has 5 rings (SSSR count). The number of alkyl halides is 2. The molecule has 0 unspecified atom stereocenters. The average Bonchev–Trinajstić information content (AvgIpc) is 3.02. The summed E-state index contributed by atoms with van der Waals surface area (Å²) in [7, 11) is 0. The van der Waals surface area contributed by atoms with Gasteiger partial charge in [-0.3, -0.25) is 4.79 Å². The summed E-state index contributed by atoms with van der Waals surface area (Å²) in [6.45, 7) is 2.71. The summed E-state index contributed by atoms with van der Waals surface area (Å²) < 4.78 is 28.1. The molecule has 3 aromatic carbocycles. The van der Waals surface area contributed by atoms with Crippen LogP contribution in [0.5, 0.6) is 23.0 Å². The minimum atomic E-state index is -0.389. The number of carbonyl (C=O) groups is 1. The van der Waals surface area contributed by atoms with Crippen molar-refractivity contribution in [3.8, 4) is 34.3 Å². The lowest BCUT2D eigenvalue weighted by molar-refractivity contribution is 0.0494. The first kappa shape index (κ1) is 30.4. The molecule has 0 saturated carbocycles. The van der Waals surface area contributed by atoms with Gasteiger partial charge in [-0.05, 0) is 61.4 Å². The number of aromatic hydroxyl groups is 1. The van der Waals surface area contributed by atoms with Crippen molar-refractivity contribution >= 4 is 45.8 Å². The molecule has 1 aromatic heterocycles. The van der Waals surface area contributed by atoms with Crippen molar-refractivity contribution in [2.45, 2.75) is 12.8 Å². The van der Waals surface area contributed by atoms with E-state index in [1.54, 1.807) is 42.5 Å². The van der Waals surface area contributed by atoms with Crippen molar-refractivity contribution in [1.29, 1.82) is 0 Å². The molecule has 0 fully saturated rings. The lowest BCUT2D eigenvalue weighted by Crippen LogP contribution is -2.27. The van der Waals surface area contributed by atoms with Gasteiger partial charge in [-0.2, -0.15) is 0 Å². The van der Waals surface area contributed by atoms with Crippen LogP contribution in [0.1, 0.15) is 23.2 Å². The highest BCUT2D eigenvalue weighted by Gasteiger charge is 2.23. The fourth-order valence-corrected chi connectivity index (χ4v) is 5.09. The number of unbranched alkanes of at least 4 members (excludes halogenated alkanes) is 1. The van der Waals surface area contributed by atoms with E-state index < -0.39 is 0 Å². The zero-order chi connectivity index (χ0) is 30.2. The SMILES string of the molecule is O=C(OCCCCOc1ccc(-c2cc(=O)c3c(O)c4c(cc3o2)OCCO4)cc1)c1ccc(N(CCCl)CCCl)cc1. The number of nitrogens with zero attached hydrogens (tertiary/aromatic N) is 1. The minimum absolute atomic E-state index is 0.0454. The van der Waals surface area contributed by atoms with Crippen LogP contribution in [-0.2, 0) is 4.74 Å². The molecule has 1 aliphatic heterocycles. The van der Waals surface area contributed by atoms with Gasteiger partial charge in [0.15, 0.2) is 16.9 Å². The Morgan fingerprint density at radius 3 is 2.33 bits per heavy atom. The largest absolute Gasteiger partial charge is 0.504 e. The monoisotopic (exact) mass is 627 g/mol. The number of halogens is 2. The first-order valence-corrected chi connectivity index (χ1v) is 15.0. The summed E-state index contributed by atoms with van der Waals surface area (Å²) in [6, 6.07) is 17.2. The number of hydrogen-bond donors (Lipinski definition) is 1. The lowest BCUT2D eigenvalue weighted by Gasteiger charge is -2.22. The molecule has 1 N–H and O–H groups in total. The van der Waals surface area contributed by atoms with E-state index in [-0.39, 0.29) is 47.1 Å². The Kier molecular flexibility index (Phi) is 10.2. The Morgan fingerprint density at radius 2 is 1.60 bits per heavy atom. The zero-order valence-electron chi connectivity index (χ0n) is 23.4. The maximum absolute atomic E-state index is 12.8. The maximum atomic E-state index is 12.8. The van der Waals surface area contributed by atoms with Crippen LogP contribution in [0.25, 0.3) is 22.3 Å². The molecule has 11 heteroatoms. The van der Waals surface area contributed by atoms with Crippen LogP contribution in [0.4, 0.5) is 5.69 Å². The summed E-state index contributed by atoms with van der Waals surface area (Å²) in [5.41, 5.74) is 1.93. The molecule has 0 amide bonds. The van der Waals surface area contributed by atoms with Crippen LogP contribution in [0.15, 0.2) is 69.9 Å².